The SMILES string of the molecule is O=S(O)c1ccccc1OCl.[Na]. The molecule has 0 spiro atoms. The van der Waals surface area contributed by atoms with Crippen molar-refractivity contribution in [3.8, 4) is 5.75 Å². The van der Waals surface area contributed by atoms with Gasteiger partial charge < -0.3 is 8.84 Å². The van der Waals surface area contributed by atoms with Gasteiger partial charge in [0.1, 0.15) is 16.8 Å². The van der Waals surface area contributed by atoms with Crippen LogP contribution in [0.4, 0.5) is 0 Å². The van der Waals surface area contributed by atoms with Gasteiger partial charge in [-0.2, -0.15) is 0 Å². The van der Waals surface area contributed by atoms with Gasteiger partial charge in [0.25, 0.3) is 0 Å². The van der Waals surface area contributed by atoms with Gasteiger partial charge in [-0.15, -0.1) is 0 Å². The molecule has 0 aromatic heterocycles. The summed E-state index contributed by atoms with van der Waals surface area (Å²) in [7, 11) is 0. The van der Waals surface area contributed by atoms with Crippen LogP contribution in [0.5, 0.6) is 5.75 Å². The molecule has 12 heavy (non-hydrogen) atoms. The third kappa shape index (κ3) is 3.05. The molecule has 0 fully saturated rings. The summed E-state index contributed by atoms with van der Waals surface area (Å²) in [5.41, 5.74) is 0. The topological polar surface area (TPSA) is 46.5 Å². The van der Waals surface area contributed by atoms with Crippen LogP contribution in [0.3, 0.4) is 0 Å². The summed E-state index contributed by atoms with van der Waals surface area (Å²) >= 11 is 2.98. The first-order chi connectivity index (χ1) is 5.25. The van der Waals surface area contributed by atoms with Crippen LogP contribution in [0.1, 0.15) is 0 Å². The van der Waals surface area contributed by atoms with Crippen molar-refractivity contribution in [3.63, 3.8) is 0 Å². The summed E-state index contributed by atoms with van der Waals surface area (Å²) in [6.07, 6.45) is 0. The molecule has 0 aliphatic heterocycles. The molecule has 0 saturated heterocycles. The standard InChI is InChI=1S/C6H5ClO3S.Na/c7-10-5-3-1-2-4-6(5)11(8)9;/h1-4H,(H,8,9);. The van der Waals surface area contributed by atoms with E-state index in [1.54, 1.807) is 12.1 Å². The van der Waals surface area contributed by atoms with Gasteiger partial charge in [-0.1, -0.05) is 12.1 Å². The second-order valence-electron chi connectivity index (χ2n) is 1.77. The van der Waals surface area contributed by atoms with E-state index in [9.17, 15) is 4.21 Å². The smallest absolute Gasteiger partial charge is 0.190 e. The van der Waals surface area contributed by atoms with E-state index in [2.05, 4.69) is 4.29 Å². The Hall–Kier alpha value is 0.420. The fourth-order valence-corrected chi connectivity index (χ4v) is 1.32. The Morgan fingerprint density at radius 1 is 1.42 bits per heavy atom. The maximum absolute atomic E-state index is 10.6. The van der Waals surface area contributed by atoms with E-state index in [1.165, 1.54) is 12.1 Å². The molecule has 6 heteroatoms. The predicted molar refractivity (Wildman–Crippen MR) is 47.7 cm³/mol. The first-order valence-corrected chi connectivity index (χ1v) is 4.15. The van der Waals surface area contributed by atoms with Crippen LogP contribution in [0.15, 0.2) is 29.2 Å². The Morgan fingerprint density at radius 2 is 2.00 bits per heavy atom. The Morgan fingerprint density at radius 3 is 2.42 bits per heavy atom. The van der Waals surface area contributed by atoms with Crippen molar-refractivity contribution in [2.45, 2.75) is 4.90 Å². The molecule has 1 aromatic carbocycles. The first kappa shape index (κ1) is 12.4. The van der Waals surface area contributed by atoms with Crippen LogP contribution in [0, 0.1) is 0 Å². The minimum Gasteiger partial charge on any atom is -0.384 e. The van der Waals surface area contributed by atoms with Crippen molar-refractivity contribution in [3.05, 3.63) is 24.3 Å². The summed E-state index contributed by atoms with van der Waals surface area (Å²) in [5, 5.41) is 0. The van der Waals surface area contributed by atoms with Gasteiger partial charge in [-0.3, -0.25) is 0 Å². The van der Waals surface area contributed by atoms with Gasteiger partial charge in [-0.05, 0) is 12.1 Å². The fourth-order valence-electron chi connectivity index (χ4n) is 0.658. The zero-order valence-corrected chi connectivity index (χ0v) is 9.93. The van der Waals surface area contributed by atoms with E-state index in [-0.39, 0.29) is 40.2 Å². The van der Waals surface area contributed by atoms with Crippen LogP contribution < -0.4 is 4.29 Å². The summed E-state index contributed by atoms with van der Waals surface area (Å²) < 4.78 is 23.5. The minimum absolute atomic E-state index is 0. The molecule has 61 valence electrons. The number of rotatable bonds is 2. The molecule has 1 N–H and O–H groups in total. The van der Waals surface area contributed by atoms with E-state index < -0.39 is 11.1 Å². The number of hydrogen-bond donors (Lipinski definition) is 1. The third-order valence-electron chi connectivity index (χ3n) is 1.12. The van der Waals surface area contributed by atoms with Gasteiger partial charge >= 0.3 is 0 Å². The summed E-state index contributed by atoms with van der Waals surface area (Å²) in [5.74, 6) is 0.204. The monoisotopic (exact) mass is 215 g/mol. The average molecular weight is 216 g/mol. The van der Waals surface area contributed by atoms with E-state index in [0.29, 0.717) is 0 Å². The van der Waals surface area contributed by atoms with Crippen LogP contribution in [-0.4, -0.2) is 38.3 Å². The van der Waals surface area contributed by atoms with Crippen molar-refractivity contribution >= 4 is 52.5 Å². The zero-order valence-electron chi connectivity index (χ0n) is 6.36. The number of halogens is 1. The molecule has 0 heterocycles. The van der Waals surface area contributed by atoms with Gasteiger partial charge in [-0.25, -0.2) is 4.21 Å². The van der Waals surface area contributed by atoms with Crippen molar-refractivity contribution in [1.29, 1.82) is 0 Å². The van der Waals surface area contributed by atoms with Crippen molar-refractivity contribution in [2.24, 2.45) is 0 Å². The van der Waals surface area contributed by atoms with E-state index in [0.717, 1.165) is 0 Å². The summed E-state index contributed by atoms with van der Waals surface area (Å²) in [6, 6.07) is 6.27. The van der Waals surface area contributed by atoms with Crippen LogP contribution in [-0.2, 0) is 11.1 Å². The number of benzene rings is 1. The zero-order chi connectivity index (χ0) is 8.27. The number of para-hydroxylation sites is 1. The molecular formula is C6H5ClNaO3S. The van der Waals surface area contributed by atoms with Crippen molar-refractivity contribution < 1.29 is 13.1 Å². The Kier molecular flexibility index (Phi) is 6.17. The third-order valence-corrected chi connectivity index (χ3v) is 2.00. The van der Waals surface area contributed by atoms with E-state index >= 15 is 0 Å². The minimum atomic E-state index is -2.05. The molecule has 0 aliphatic carbocycles. The maximum atomic E-state index is 10.6. The summed E-state index contributed by atoms with van der Waals surface area (Å²) in [4.78, 5) is 0.169. The molecule has 0 amide bonds. The average Bonchev–Trinajstić information content (AvgIpc) is 2.04. The van der Waals surface area contributed by atoms with Crippen molar-refractivity contribution in [1.82, 2.24) is 0 Å². The van der Waals surface area contributed by atoms with E-state index in [4.69, 9.17) is 16.4 Å². The molecule has 1 radical (unpaired) electrons. The van der Waals surface area contributed by atoms with Crippen LogP contribution in [0.25, 0.3) is 0 Å². The summed E-state index contributed by atoms with van der Waals surface area (Å²) in [6.45, 7) is 0. The fraction of sp³-hybridized carbons (Fsp3) is 0. The van der Waals surface area contributed by atoms with Gasteiger partial charge in [0.15, 0.2) is 16.8 Å². The molecule has 1 atom stereocenters. The molecule has 1 unspecified atom stereocenters. The molecule has 1 aromatic rings. The molecular weight excluding hydrogens is 211 g/mol. The Bertz CT molecular complexity index is 281. The molecule has 0 saturated carbocycles. The van der Waals surface area contributed by atoms with Gasteiger partial charge in [0.05, 0.1) is 0 Å². The van der Waals surface area contributed by atoms with Gasteiger partial charge in [0.2, 0.25) is 0 Å². The Balaban J connectivity index is 0.00000121. The quantitative estimate of drug-likeness (QED) is 0.600. The molecule has 3 nitrogen and oxygen atoms in total. The maximum Gasteiger partial charge on any atom is 0.190 e. The number of hydrogen-bond acceptors (Lipinski definition) is 2. The Labute approximate surface area is 99.8 Å². The van der Waals surface area contributed by atoms with Crippen LogP contribution >= 0.6 is 11.9 Å². The second-order valence-corrected chi connectivity index (χ2v) is 2.87. The largest absolute Gasteiger partial charge is 0.384 e. The molecule has 1 rings (SSSR count). The second kappa shape index (κ2) is 5.96. The molecule has 0 bridgehead atoms. The van der Waals surface area contributed by atoms with E-state index in [1.807, 2.05) is 0 Å². The normalized spacial score (nSPS) is 11.5. The van der Waals surface area contributed by atoms with Crippen LogP contribution in [0.2, 0.25) is 0 Å². The first-order valence-electron chi connectivity index (χ1n) is 2.74. The van der Waals surface area contributed by atoms with Crippen molar-refractivity contribution in [2.75, 3.05) is 0 Å². The molecule has 0 aliphatic rings. The predicted octanol–water partition coefficient (Wildman–Crippen LogP) is 1.42. The van der Waals surface area contributed by atoms with Gasteiger partial charge in [0, 0.05) is 29.6 Å².